The first-order valence-electron chi connectivity index (χ1n) is 7.83. The van der Waals surface area contributed by atoms with Crippen molar-refractivity contribution >= 4 is 5.97 Å². The fourth-order valence-electron chi connectivity index (χ4n) is 1.59. The monoisotopic (exact) mass is 478 g/mol. The number of halogens is 13. The highest BCUT2D eigenvalue weighted by molar-refractivity contribution is 5.71. The second kappa shape index (κ2) is 8.94. The van der Waals surface area contributed by atoms with E-state index in [1.165, 1.54) is 13.8 Å². The lowest BCUT2D eigenvalue weighted by atomic mass is 10.0. The van der Waals surface area contributed by atoms with Crippen LogP contribution in [0.5, 0.6) is 0 Å². The van der Waals surface area contributed by atoms with E-state index >= 15 is 0 Å². The molecule has 0 aliphatic carbocycles. The van der Waals surface area contributed by atoms with Crippen LogP contribution < -0.4 is 0 Å². The number of rotatable bonds is 10. The molecule has 0 rings (SSSR count). The Morgan fingerprint density at radius 3 is 1.63 bits per heavy atom. The molecule has 2 unspecified atom stereocenters. The van der Waals surface area contributed by atoms with Gasteiger partial charge in [0.05, 0.1) is 18.9 Å². The van der Waals surface area contributed by atoms with Gasteiger partial charge in [-0.3, -0.25) is 4.79 Å². The second-order valence-electron chi connectivity index (χ2n) is 6.09. The van der Waals surface area contributed by atoms with Gasteiger partial charge in [0.2, 0.25) is 0 Å². The predicted octanol–water partition coefficient (Wildman–Crippen LogP) is 5.68. The van der Waals surface area contributed by atoms with E-state index in [9.17, 15) is 61.9 Å². The van der Waals surface area contributed by atoms with Crippen LogP contribution in [0.25, 0.3) is 0 Å². The largest absolute Gasteiger partial charge is 0.465 e. The van der Waals surface area contributed by atoms with Crippen LogP contribution in [0.2, 0.25) is 0 Å². The van der Waals surface area contributed by atoms with E-state index < -0.39 is 67.5 Å². The summed E-state index contributed by atoms with van der Waals surface area (Å²) in [5.74, 6) is -28.5. The van der Waals surface area contributed by atoms with Crippen LogP contribution in [-0.4, -0.2) is 55.2 Å². The molecule has 0 amide bonds. The first kappa shape index (κ1) is 28.5. The van der Waals surface area contributed by atoms with Crippen LogP contribution in [0.1, 0.15) is 26.7 Å². The molecule has 0 saturated heterocycles. The Bertz CT molecular complexity index is 585. The number of carbonyl (C=O) groups excluding carboxylic acids is 1. The van der Waals surface area contributed by atoms with Gasteiger partial charge in [-0.2, -0.15) is 52.7 Å². The summed E-state index contributed by atoms with van der Waals surface area (Å²) in [7, 11) is 0. The molecule has 0 aliphatic heterocycles. The van der Waals surface area contributed by atoms with Crippen molar-refractivity contribution in [2.45, 2.75) is 62.7 Å². The zero-order valence-corrected chi connectivity index (χ0v) is 15.0. The quantitative estimate of drug-likeness (QED) is 0.300. The maximum Gasteiger partial charge on any atom is 0.460 e. The van der Waals surface area contributed by atoms with E-state index in [0.717, 1.165) is 0 Å². The van der Waals surface area contributed by atoms with Crippen LogP contribution >= 0.6 is 0 Å². The molecule has 2 atom stereocenters. The molecule has 3 nitrogen and oxygen atoms in total. The van der Waals surface area contributed by atoms with Crippen molar-refractivity contribution in [3.63, 3.8) is 0 Å². The SMILES string of the molecule is CCC(C)C(=O)OCCC(F)(OCC(F)(F)C(F)(F)C(F)(F)C(F)(F)F)C(F)(F)F. The highest BCUT2D eigenvalue weighted by Crippen LogP contribution is 2.53. The molecule has 0 spiro atoms. The smallest absolute Gasteiger partial charge is 0.460 e. The van der Waals surface area contributed by atoms with Crippen molar-refractivity contribution < 1.29 is 71.3 Å². The van der Waals surface area contributed by atoms with Crippen molar-refractivity contribution in [1.82, 2.24) is 0 Å². The minimum absolute atomic E-state index is 0.143. The average Bonchev–Trinajstić information content (AvgIpc) is 2.56. The van der Waals surface area contributed by atoms with E-state index in [1.54, 1.807) is 0 Å². The van der Waals surface area contributed by atoms with Gasteiger partial charge in [0, 0.05) is 0 Å². The van der Waals surface area contributed by atoms with Gasteiger partial charge in [-0.1, -0.05) is 13.8 Å². The van der Waals surface area contributed by atoms with E-state index in [2.05, 4.69) is 9.47 Å². The van der Waals surface area contributed by atoms with Gasteiger partial charge >= 0.3 is 41.9 Å². The Morgan fingerprint density at radius 1 is 0.800 bits per heavy atom. The first-order valence-corrected chi connectivity index (χ1v) is 7.83. The van der Waals surface area contributed by atoms with E-state index in [-0.39, 0.29) is 6.42 Å². The summed E-state index contributed by atoms with van der Waals surface area (Å²) in [6.45, 7) is -2.24. The molecule has 0 aromatic heterocycles. The fraction of sp³-hybridized carbons (Fsp3) is 0.929. The van der Waals surface area contributed by atoms with Crippen LogP contribution in [-0.2, 0) is 14.3 Å². The number of hydrogen-bond donors (Lipinski definition) is 0. The molecule has 0 N–H and O–H groups in total. The minimum atomic E-state index is -7.38. The molecule has 0 aliphatic rings. The molecule has 0 fully saturated rings. The summed E-state index contributed by atoms with van der Waals surface area (Å²) >= 11 is 0. The molecule has 0 saturated carbocycles. The highest BCUT2D eigenvalue weighted by atomic mass is 19.4. The molecular weight excluding hydrogens is 463 g/mol. The second-order valence-corrected chi connectivity index (χ2v) is 6.09. The molecule has 180 valence electrons. The summed E-state index contributed by atoms with van der Waals surface area (Å²) in [5, 5.41) is 0. The Kier molecular flexibility index (Phi) is 8.50. The first-order chi connectivity index (χ1) is 13.1. The van der Waals surface area contributed by atoms with Crippen LogP contribution in [0.3, 0.4) is 0 Å². The van der Waals surface area contributed by atoms with Gasteiger partial charge in [-0.05, 0) is 6.42 Å². The number of alkyl halides is 13. The van der Waals surface area contributed by atoms with Crippen LogP contribution in [0.15, 0.2) is 0 Å². The van der Waals surface area contributed by atoms with Gasteiger partial charge in [0.1, 0.15) is 6.61 Å². The number of hydrogen-bond acceptors (Lipinski definition) is 3. The summed E-state index contributed by atoms with van der Waals surface area (Å²) in [6.07, 6.45) is -15.4. The number of ether oxygens (including phenoxy) is 2. The lowest BCUT2D eigenvalue weighted by Gasteiger charge is -2.35. The molecule has 0 radical (unpaired) electrons. The van der Waals surface area contributed by atoms with E-state index in [4.69, 9.17) is 0 Å². The Labute approximate surface area is 160 Å². The fourth-order valence-corrected chi connectivity index (χ4v) is 1.59. The molecule has 30 heavy (non-hydrogen) atoms. The van der Waals surface area contributed by atoms with Crippen molar-refractivity contribution in [3.8, 4) is 0 Å². The highest BCUT2D eigenvalue weighted by Gasteiger charge is 2.82. The summed E-state index contributed by atoms with van der Waals surface area (Å²) in [4.78, 5) is 11.3. The topological polar surface area (TPSA) is 35.5 Å². The lowest BCUT2D eigenvalue weighted by molar-refractivity contribution is -0.412. The van der Waals surface area contributed by atoms with Gasteiger partial charge in [-0.25, -0.2) is 4.39 Å². The third kappa shape index (κ3) is 5.81. The van der Waals surface area contributed by atoms with E-state index in [1.807, 2.05) is 0 Å². The Morgan fingerprint density at radius 2 is 1.27 bits per heavy atom. The summed E-state index contributed by atoms with van der Waals surface area (Å²) < 4.78 is 173. The number of esters is 1. The number of carbonyl (C=O) groups is 1. The third-order valence-electron chi connectivity index (χ3n) is 3.80. The normalized spacial score (nSPS) is 17.4. The van der Waals surface area contributed by atoms with E-state index in [0.29, 0.717) is 0 Å². The average molecular weight is 478 g/mol. The van der Waals surface area contributed by atoms with Crippen molar-refractivity contribution in [2.75, 3.05) is 13.2 Å². The van der Waals surface area contributed by atoms with Gasteiger partial charge in [0.15, 0.2) is 0 Å². The van der Waals surface area contributed by atoms with Crippen molar-refractivity contribution in [1.29, 1.82) is 0 Å². The Balaban J connectivity index is 5.49. The van der Waals surface area contributed by atoms with Crippen molar-refractivity contribution in [2.24, 2.45) is 5.92 Å². The maximum absolute atomic E-state index is 14.0. The molecule has 0 heterocycles. The molecule has 16 heteroatoms. The maximum atomic E-state index is 14.0. The lowest BCUT2D eigenvalue weighted by Crippen LogP contribution is -2.63. The minimum Gasteiger partial charge on any atom is -0.465 e. The molecule has 0 bridgehead atoms. The van der Waals surface area contributed by atoms with Gasteiger partial charge in [0.25, 0.3) is 0 Å². The molecular formula is C14H15F13O3. The standard InChI is InChI=1S/C14H15F13O3/c1-3-7(2)8(28)29-5-4-10(17,13(22,23)24)30-6-9(15,16)11(18,19)12(20,21)14(25,26)27/h7H,3-6H2,1-2H3. The summed E-state index contributed by atoms with van der Waals surface area (Å²) in [5.41, 5.74) is 0. The third-order valence-corrected chi connectivity index (χ3v) is 3.80. The zero-order valence-electron chi connectivity index (χ0n) is 15.0. The predicted molar refractivity (Wildman–Crippen MR) is 71.8 cm³/mol. The molecule has 0 aromatic carbocycles. The van der Waals surface area contributed by atoms with Gasteiger partial charge < -0.3 is 9.47 Å². The summed E-state index contributed by atoms with van der Waals surface area (Å²) in [6, 6.07) is 0. The van der Waals surface area contributed by atoms with Crippen LogP contribution in [0, 0.1) is 5.92 Å². The van der Waals surface area contributed by atoms with Crippen LogP contribution in [0.4, 0.5) is 57.1 Å². The van der Waals surface area contributed by atoms with Gasteiger partial charge in [-0.15, -0.1) is 0 Å². The van der Waals surface area contributed by atoms with Crippen molar-refractivity contribution in [3.05, 3.63) is 0 Å². The zero-order chi connectivity index (χ0) is 24.4. The molecule has 0 aromatic rings. The Hall–Kier alpha value is -1.48.